The molecule has 1 unspecified atom stereocenters. The van der Waals surface area contributed by atoms with Crippen molar-refractivity contribution < 1.29 is 14.5 Å². The molecule has 2 aliphatic heterocycles. The van der Waals surface area contributed by atoms with Crippen LogP contribution in [0.4, 0.5) is 22.7 Å². The molecule has 11 heteroatoms. The van der Waals surface area contributed by atoms with Crippen molar-refractivity contribution in [2.75, 3.05) is 57.0 Å². The van der Waals surface area contributed by atoms with Crippen LogP contribution in [-0.4, -0.2) is 79.1 Å². The van der Waals surface area contributed by atoms with Gasteiger partial charge in [-0.3, -0.25) is 29.6 Å². The lowest BCUT2D eigenvalue weighted by molar-refractivity contribution is -0.384. The number of anilines is 2. The van der Waals surface area contributed by atoms with E-state index >= 15 is 0 Å². The van der Waals surface area contributed by atoms with Crippen LogP contribution in [-0.2, 0) is 9.59 Å². The van der Waals surface area contributed by atoms with E-state index in [4.69, 9.17) is 16.6 Å². The van der Waals surface area contributed by atoms with Crippen LogP contribution in [0.2, 0.25) is 5.02 Å². The van der Waals surface area contributed by atoms with Gasteiger partial charge in [-0.15, -0.1) is 0 Å². The molecule has 1 fully saturated rings. The first-order valence-electron chi connectivity index (χ1n) is 12.9. The van der Waals surface area contributed by atoms with E-state index in [9.17, 15) is 19.7 Å². The molecular weight excluding hydrogens is 532 g/mol. The SMILES string of the molecule is CN1CCN(CC(=O)N(C)c2ccc(N=C(c3ccccc3)C3C(=O)Nc4cc(Cl)ccc43)cc2[N+](=O)[O-])CC1. The lowest BCUT2D eigenvalue weighted by Crippen LogP contribution is -2.48. The van der Waals surface area contributed by atoms with Crippen molar-refractivity contribution in [1.29, 1.82) is 0 Å². The Kier molecular flexibility index (Phi) is 7.92. The third-order valence-corrected chi connectivity index (χ3v) is 7.52. The van der Waals surface area contributed by atoms with Gasteiger partial charge >= 0.3 is 0 Å². The van der Waals surface area contributed by atoms with Crippen molar-refractivity contribution in [3.63, 3.8) is 0 Å². The Balaban J connectivity index is 1.49. The van der Waals surface area contributed by atoms with E-state index in [1.807, 2.05) is 42.3 Å². The molecule has 206 valence electrons. The van der Waals surface area contributed by atoms with Crippen LogP contribution in [0.15, 0.2) is 71.7 Å². The van der Waals surface area contributed by atoms with E-state index in [1.165, 1.54) is 17.0 Å². The molecule has 3 aromatic rings. The zero-order valence-corrected chi connectivity index (χ0v) is 23.0. The van der Waals surface area contributed by atoms with Crippen molar-refractivity contribution in [3.8, 4) is 0 Å². The zero-order valence-electron chi connectivity index (χ0n) is 22.2. The predicted molar refractivity (Wildman–Crippen MR) is 156 cm³/mol. The number of piperazine rings is 1. The third kappa shape index (κ3) is 5.74. The van der Waals surface area contributed by atoms with Crippen molar-refractivity contribution >= 4 is 51.9 Å². The van der Waals surface area contributed by atoms with Gasteiger partial charge in [0.1, 0.15) is 11.6 Å². The van der Waals surface area contributed by atoms with Crippen LogP contribution in [0.5, 0.6) is 0 Å². The highest BCUT2D eigenvalue weighted by Gasteiger charge is 2.35. The third-order valence-electron chi connectivity index (χ3n) is 7.28. The minimum absolute atomic E-state index is 0.180. The average molecular weight is 561 g/mol. The lowest BCUT2D eigenvalue weighted by Gasteiger charge is -2.32. The van der Waals surface area contributed by atoms with E-state index in [2.05, 4.69) is 10.2 Å². The molecule has 2 heterocycles. The molecule has 5 rings (SSSR count). The first kappa shape index (κ1) is 27.4. The van der Waals surface area contributed by atoms with Gasteiger partial charge < -0.3 is 15.1 Å². The number of carbonyl (C=O) groups excluding carboxylic acids is 2. The van der Waals surface area contributed by atoms with Crippen molar-refractivity contribution in [3.05, 3.63) is 93.0 Å². The summed E-state index contributed by atoms with van der Waals surface area (Å²) in [5, 5.41) is 15.5. The topological polar surface area (TPSA) is 111 Å². The maximum atomic E-state index is 13.1. The number of benzene rings is 3. The van der Waals surface area contributed by atoms with Crippen molar-refractivity contribution in [2.24, 2.45) is 4.99 Å². The second kappa shape index (κ2) is 11.5. The number of rotatable bonds is 7. The molecule has 0 bridgehead atoms. The molecular formula is C29H29ClN6O4. The van der Waals surface area contributed by atoms with Crippen LogP contribution in [0.3, 0.4) is 0 Å². The fraction of sp³-hybridized carbons (Fsp3) is 0.276. The monoisotopic (exact) mass is 560 g/mol. The number of likely N-dealkylation sites (N-methyl/N-ethyl adjacent to an activating group) is 2. The number of nitrogens with one attached hydrogen (secondary N) is 1. The fourth-order valence-electron chi connectivity index (χ4n) is 5.00. The quantitative estimate of drug-likeness (QED) is 0.262. The van der Waals surface area contributed by atoms with Gasteiger partial charge in [-0.2, -0.15) is 0 Å². The van der Waals surface area contributed by atoms with E-state index in [0.717, 1.165) is 31.7 Å². The van der Waals surface area contributed by atoms with Crippen molar-refractivity contribution in [2.45, 2.75) is 5.92 Å². The van der Waals surface area contributed by atoms with E-state index in [0.29, 0.717) is 27.7 Å². The molecule has 0 saturated carbocycles. The van der Waals surface area contributed by atoms with Gasteiger partial charge in [-0.05, 0) is 42.4 Å². The minimum Gasteiger partial charge on any atom is -0.325 e. The molecule has 3 aromatic carbocycles. The normalized spacial score (nSPS) is 17.8. The number of nitro benzene ring substituents is 1. The number of amides is 2. The number of nitro groups is 1. The van der Waals surface area contributed by atoms with Crippen LogP contribution in [0.25, 0.3) is 0 Å². The molecule has 0 aliphatic carbocycles. The lowest BCUT2D eigenvalue weighted by atomic mass is 9.90. The van der Waals surface area contributed by atoms with Gasteiger partial charge in [0, 0.05) is 50.0 Å². The number of halogens is 1. The Morgan fingerprint density at radius 2 is 1.82 bits per heavy atom. The second-order valence-corrected chi connectivity index (χ2v) is 10.4. The van der Waals surface area contributed by atoms with Crippen LogP contribution < -0.4 is 10.2 Å². The Morgan fingerprint density at radius 1 is 1.10 bits per heavy atom. The van der Waals surface area contributed by atoms with Gasteiger partial charge in [0.05, 0.1) is 22.9 Å². The standard InChI is InChI=1S/C29H29ClN6O4/c1-33-12-14-35(15-13-33)18-26(37)34(2)24-11-9-21(17-25(24)36(39)40)31-28(19-6-4-3-5-7-19)27-22-10-8-20(30)16-23(22)32-29(27)38/h3-11,16-17,27H,12-15,18H2,1-2H3,(H,32,38). The molecule has 40 heavy (non-hydrogen) atoms. The predicted octanol–water partition coefficient (Wildman–Crippen LogP) is 4.32. The summed E-state index contributed by atoms with van der Waals surface area (Å²) >= 11 is 6.14. The maximum absolute atomic E-state index is 13.1. The van der Waals surface area contributed by atoms with E-state index in [-0.39, 0.29) is 29.7 Å². The highest BCUT2D eigenvalue weighted by atomic mass is 35.5. The first-order valence-corrected chi connectivity index (χ1v) is 13.3. The summed E-state index contributed by atoms with van der Waals surface area (Å²) in [7, 11) is 3.58. The fourth-order valence-corrected chi connectivity index (χ4v) is 5.17. The molecule has 1 atom stereocenters. The number of aliphatic imine (C=N–C) groups is 1. The Bertz CT molecular complexity index is 1490. The minimum atomic E-state index is -0.735. The van der Waals surface area contributed by atoms with Gasteiger partial charge in [0.25, 0.3) is 5.69 Å². The Morgan fingerprint density at radius 3 is 2.52 bits per heavy atom. The summed E-state index contributed by atoms with van der Waals surface area (Å²) < 4.78 is 0. The molecule has 0 radical (unpaired) electrons. The van der Waals surface area contributed by atoms with E-state index in [1.54, 1.807) is 31.3 Å². The van der Waals surface area contributed by atoms with Crippen molar-refractivity contribution in [1.82, 2.24) is 9.80 Å². The Labute approximate surface area is 237 Å². The number of carbonyl (C=O) groups is 2. The van der Waals surface area contributed by atoms with E-state index < -0.39 is 10.8 Å². The molecule has 2 aliphatic rings. The Hall–Kier alpha value is -4.12. The summed E-state index contributed by atoms with van der Waals surface area (Å²) in [5.41, 5.74) is 2.71. The van der Waals surface area contributed by atoms with Crippen LogP contribution in [0, 0.1) is 10.1 Å². The van der Waals surface area contributed by atoms with Gasteiger partial charge in [-0.25, -0.2) is 0 Å². The maximum Gasteiger partial charge on any atom is 0.295 e. The van der Waals surface area contributed by atoms with Gasteiger partial charge in [0.2, 0.25) is 11.8 Å². The highest BCUT2D eigenvalue weighted by Crippen LogP contribution is 2.39. The molecule has 10 nitrogen and oxygen atoms in total. The number of fused-ring (bicyclic) bond motifs is 1. The summed E-state index contributed by atoms with van der Waals surface area (Å²) in [6, 6.07) is 18.9. The molecule has 0 aromatic heterocycles. The zero-order chi connectivity index (χ0) is 28.4. The van der Waals surface area contributed by atoms with Gasteiger partial charge in [-0.1, -0.05) is 48.0 Å². The summed E-state index contributed by atoms with van der Waals surface area (Å²) in [4.78, 5) is 48.1. The summed E-state index contributed by atoms with van der Waals surface area (Å²) in [5.74, 6) is -1.23. The first-order chi connectivity index (χ1) is 19.2. The number of hydrogen-bond donors (Lipinski definition) is 1. The average Bonchev–Trinajstić information content (AvgIpc) is 3.27. The highest BCUT2D eigenvalue weighted by molar-refractivity contribution is 6.31. The van der Waals surface area contributed by atoms with Gasteiger partial charge in [0.15, 0.2) is 0 Å². The molecule has 2 amide bonds. The number of nitrogens with zero attached hydrogens (tertiary/aromatic N) is 5. The largest absolute Gasteiger partial charge is 0.325 e. The second-order valence-electron chi connectivity index (χ2n) is 9.98. The summed E-state index contributed by atoms with van der Waals surface area (Å²) in [6.07, 6.45) is 0. The molecule has 1 saturated heterocycles. The van der Waals surface area contributed by atoms with Crippen LogP contribution in [0.1, 0.15) is 17.0 Å². The molecule has 1 N–H and O–H groups in total. The summed E-state index contributed by atoms with van der Waals surface area (Å²) in [6.45, 7) is 3.43. The number of hydrogen-bond acceptors (Lipinski definition) is 7. The smallest absolute Gasteiger partial charge is 0.295 e. The molecule has 0 spiro atoms. The van der Waals surface area contributed by atoms with Crippen LogP contribution >= 0.6 is 11.6 Å².